The number of benzene rings is 4. The fourth-order valence-electron chi connectivity index (χ4n) is 6.55. The SMILES string of the molecule is Cc1cn([C@H]2C[C@H](OP(OCCC#N)N(C(C)C)C(C)C)[C@@H](COCc3ccc4ccc5cccc6ccc3c4c56)O2)c(=O)[nH]c1=O. The Kier molecular flexibility index (Phi) is 10.0. The molecule has 1 unspecified atom stereocenters. The quantitative estimate of drug-likeness (QED) is 0.0826. The molecule has 0 amide bonds. The van der Waals surface area contributed by atoms with Crippen LogP contribution in [0.1, 0.15) is 57.9 Å². The number of rotatable bonds is 13. The van der Waals surface area contributed by atoms with Crippen LogP contribution in [0.4, 0.5) is 0 Å². The first-order valence-electron chi connectivity index (χ1n) is 16.1. The molecule has 6 rings (SSSR count). The minimum atomic E-state index is -1.56. The first kappa shape index (κ1) is 33.2. The van der Waals surface area contributed by atoms with E-state index in [2.05, 4.69) is 98.0 Å². The molecule has 1 aliphatic heterocycles. The van der Waals surface area contributed by atoms with E-state index >= 15 is 0 Å². The van der Waals surface area contributed by atoms with E-state index in [1.807, 2.05) is 0 Å². The van der Waals surface area contributed by atoms with Crippen LogP contribution in [0.15, 0.2) is 70.4 Å². The molecule has 1 aromatic heterocycles. The summed E-state index contributed by atoms with van der Waals surface area (Å²) in [6, 6.07) is 21.7. The second-order valence-electron chi connectivity index (χ2n) is 12.6. The molecule has 47 heavy (non-hydrogen) atoms. The highest BCUT2D eigenvalue weighted by atomic mass is 31.2. The molecule has 0 radical (unpaired) electrons. The van der Waals surface area contributed by atoms with Crippen molar-refractivity contribution in [2.24, 2.45) is 0 Å². The number of aromatic amines is 1. The Hall–Kier alpha value is -3.68. The number of nitriles is 1. The zero-order valence-corrected chi connectivity index (χ0v) is 28.3. The van der Waals surface area contributed by atoms with Crippen LogP contribution in [0, 0.1) is 18.3 Å². The number of H-pyrrole nitrogens is 1. The monoisotopic (exact) mass is 656 g/mol. The molecule has 4 atom stereocenters. The third-order valence-corrected chi connectivity index (χ3v) is 10.8. The molecule has 4 aromatic carbocycles. The van der Waals surface area contributed by atoms with Crippen molar-refractivity contribution in [3.63, 3.8) is 0 Å². The predicted octanol–water partition coefficient (Wildman–Crippen LogP) is 6.91. The normalized spacial score (nSPS) is 19.2. The van der Waals surface area contributed by atoms with Crippen LogP contribution < -0.4 is 11.2 Å². The van der Waals surface area contributed by atoms with Crippen molar-refractivity contribution in [1.82, 2.24) is 14.2 Å². The largest absolute Gasteiger partial charge is 0.374 e. The summed E-state index contributed by atoms with van der Waals surface area (Å²) in [7, 11) is -1.56. The third kappa shape index (κ3) is 6.84. The van der Waals surface area contributed by atoms with Crippen LogP contribution in [0.3, 0.4) is 0 Å². The summed E-state index contributed by atoms with van der Waals surface area (Å²) >= 11 is 0. The van der Waals surface area contributed by atoms with E-state index in [1.165, 1.54) is 37.7 Å². The first-order valence-corrected chi connectivity index (χ1v) is 17.2. The number of nitrogens with zero attached hydrogens (tertiary/aromatic N) is 3. The average Bonchev–Trinajstić information content (AvgIpc) is 3.43. The van der Waals surface area contributed by atoms with E-state index < -0.39 is 38.2 Å². The highest BCUT2D eigenvalue weighted by Gasteiger charge is 2.41. The summed E-state index contributed by atoms with van der Waals surface area (Å²) in [5.41, 5.74) is 0.512. The number of ether oxygens (including phenoxy) is 2. The van der Waals surface area contributed by atoms with Gasteiger partial charge >= 0.3 is 5.69 Å². The Balaban J connectivity index is 1.27. The van der Waals surface area contributed by atoms with Gasteiger partial charge in [0, 0.05) is 30.3 Å². The minimum Gasteiger partial charge on any atom is -0.374 e. The smallest absolute Gasteiger partial charge is 0.330 e. The zero-order chi connectivity index (χ0) is 33.2. The maximum absolute atomic E-state index is 12.8. The molecule has 0 bridgehead atoms. The maximum Gasteiger partial charge on any atom is 0.330 e. The van der Waals surface area contributed by atoms with Crippen molar-refractivity contribution in [2.75, 3.05) is 13.2 Å². The van der Waals surface area contributed by atoms with Gasteiger partial charge < -0.3 is 18.5 Å². The van der Waals surface area contributed by atoms with E-state index in [-0.39, 0.29) is 31.7 Å². The maximum atomic E-state index is 12.8. The average molecular weight is 657 g/mol. The summed E-state index contributed by atoms with van der Waals surface area (Å²) in [5, 5.41) is 16.4. The lowest BCUT2D eigenvalue weighted by Gasteiger charge is -2.37. The number of aromatic nitrogens is 2. The molecular formula is C36H41N4O6P. The fraction of sp³-hybridized carbons (Fsp3) is 0.417. The Labute approximate surface area is 275 Å². The molecule has 0 spiro atoms. The van der Waals surface area contributed by atoms with Gasteiger partial charge in [-0.1, -0.05) is 54.6 Å². The Morgan fingerprint density at radius 3 is 2.40 bits per heavy atom. The Morgan fingerprint density at radius 1 is 1.02 bits per heavy atom. The van der Waals surface area contributed by atoms with Gasteiger partial charge in [0.05, 0.1) is 38.4 Å². The number of aryl methyl sites for hydroxylation is 1. The molecule has 1 saturated heterocycles. The van der Waals surface area contributed by atoms with Gasteiger partial charge in [0.1, 0.15) is 12.3 Å². The summed E-state index contributed by atoms with van der Waals surface area (Å²) in [4.78, 5) is 27.3. The van der Waals surface area contributed by atoms with Crippen LogP contribution in [-0.2, 0) is 25.1 Å². The lowest BCUT2D eigenvalue weighted by molar-refractivity contribution is -0.0645. The standard InChI is InChI=1S/C36H41N4O6P/c1-22(2)40(23(3)4)47(44-17-7-16-37)46-30-18-32(39-19-24(5)35(41)38-36(39)42)45-31(30)21-43-20-28-13-12-27-11-10-25-8-6-9-26-14-15-29(28)34(27)33(25)26/h6,8-15,19,22-23,30-32H,7,17-18,20-21H2,1-5H3,(H,38,41,42)/t30-,31+,32+,47?/m0/s1. The van der Waals surface area contributed by atoms with Gasteiger partial charge in [0.15, 0.2) is 0 Å². The van der Waals surface area contributed by atoms with Crippen LogP contribution in [0.2, 0.25) is 0 Å². The molecular weight excluding hydrogens is 615 g/mol. The Morgan fingerprint density at radius 2 is 1.70 bits per heavy atom. The number of nitrogens with one attached hydrogen (secondary N) is 1. The highest BCUT2D eigenvalue weighted by molar-refractivity contribution is 7.44. The van der Waals surface area contributed by atoms with Gasteiger partial charge in [0.25, 0.3) is 14.1 Å². The molecule has 1 aliphatic rings. The summed E-state index contributed by atoms with van der Waals surface area (Å²) < 4.78 is 29.3. The number of hydrogen-bond acceptors (Lipinski definition) is 8. The fourth-order valence-corrected chi connectivity index (χ4v) is 8.31. The molecule has 10 nitrogen and oxygen atoms in total. The summed E-state index contributed by atoms with van der Waals surface area (Å²) in [6.07, 6.45) is 0.445. The third-order valence-electron chi connectivity index (χ3n) is 8.68. The topological polar surface area (TPSA) is 119 Å². The molecule has 2 heterocycles. The molecule has 0 aliphatic carbocycles. The van der Waals surface area contributed by atoms with Gasteiger partial charge in [-0.25, -0.2) is 9.46 Å². The second kappa shape index (κ2) is 14.2. The highest BCUT2D eigenvalue weighted by Crippen LogP contribution is 2.50. The minimum absolute atomic E-state index is 0.120. The van der Waals surface area contributed by atoms with Crippen LogP contribution in [0.25, 0.3) is 32.3 Å². The molecule has 5 aromatic rings. The van der Waals surface area contributed by atoms with Crippen molar-refractivity contribution >= 4 is 40.8 Å². The van der Waals surface area contributed by atoms with Crippen molar-refractivity contribution < 1.29 is 18.5 Å². The Bertz CT molecular complexity index is 1990. The molecule has 11 heteroatoms. The zero-order valence-electron chi connectivity index (χ0n) is 27.4. The van der Waals surface area contributed by atoms with Crippen molar-refractivity contribution in [2.45, 2.75) is 84.6 Å². The molecule has 1 fully saturated rings. The van der Waals surface area contributed by atoms with Crippen molar-refractivity contribution in [3.8, 4) is 6.07 Å². The van der Waals surface area contributed by atoms with Gasteiger partial charge in [0.2, 0.25) is 0 Å². The van der Waals surface area contributed by atoms with E-state index in [9.17, 15) is 9.59 Å². The summed E-state index contributed by atoms with van der Waals surface area (Å²) in [5.74, 6) is 0. The molecule has 1 N–H and O–H groups in total. The summed E-state index contributed by atoms with van der Waals surface area (Å²) in [6.45, 7) is 10.8. The van der Waals surface area contributed by atoms with E-state index in [1.54, 1.807) is 6.92 Å². The number of hydrogen-bond donors (Lipinski definition) is 1. The second-order valence-corrected chi connectivity index (χ2v) is 14.0. The van der Waals surface area contributed by atoms with Gasteiger partial charge in [-0.15, -0.1) is 0 Å². The first-order chi connectivity index (χ1) is 22.7. The van der Waals surface area contributed by atoms with Crippen LogP contribution >= 0.6 is 8.53 Å². The van der Waals surface area contributed by atoms with Crippen molar-refractivity contribution in [3.05, 3.63) is 92.8 Å². The van der Waals surface area contributed by atoms with Crippen molar-refractivity contribution in [1.29, 1.82) is 5.26 Å². The van der Waals surface area contributed by atoms with Gasteiger partial charge in [-0.3, -0.25) is 14.3 Å². The van der Waals surface area contributed by atoms with Gasteiger partial charge in [-0.05, 0) is 72.5 Å². The van der Waals surface area contributed by atoms with Crippen LogP contribution in [0.5, 0.6) is 0 Å². The lowest BCUT2D eigenvalue weighted by atomic mass is 9.92. The molecule has 0 saturated carbocycles. The van der Waals surface area contributed by atoms with E-state index in [0.717, 1.165) is 10.9 Å². The lowest BCUT2D eigenvalue weighted by Crippen LogP contribution is -2.36. The van der Waals surface area contributed by atoms with E-state index in [4.69, 9.17) is 23.8 Å². The van der Waals surface area contributed by atoms with E-state index in [0.29, 0.717) is 18.6 Å². The van der Waals surface area contributed by atoms with Gasteiger partial charge in [-0.2, -0.15) is 5.26 Å². The molecule has 246 valence electrons. The predicted molar refractivity (Wildman–Crippen MR) is 184 cm³/mol. The van der Waals surface area contributed by atoms with Crippen LogP contribution in [-0.4, -0.2) is 51.7 Å².